The molecule has 1 aromatic heterocycles. The molecule has 2 aromatic carbocycles. The van der Waals surface area contributed by atoms with Crippen LogP contribution in [0.25, 0.3) is 11.0 Å². The van der Waals surface area contributed by atoms with Crippen molar-refractivity contribution < 1.29 is 4.79 Å². The Morgan fingerprint density at radius 1 is 1.12 bits per heavy atom. The Hall–Kier alpha value is -2.62. The highest BCUT2D eigenvalue weighted by Gasteiger charge is 2.29. The van der Waals surface area contributed by atoms with Gasteiger partial charge in [0.25, 0.3) is 0 Å². The lowest BCUT2D eigenvalue weighted by Gasteiger charge is -2.33. The van der Waals surface area contributed by atoms with Crippen LogP contribution in [-0.2, 0) is 4.79 Å². The molecule has 1 aliphatic heterocycles. The molecule has 1 saturated heterocycles. The SMILES string of the molecule is CCC(C(=O)N1CCC(c2nc3ccccc3[nH]2)CC1)c1ccccc1. The summed E-state index contributed by atoms with van der Waals surface area (Å²) in [6.07, 6.45) is 2.78. The lowest BCUT2D eigenvalue weighted by molar-refractivity contribution is -0.134. The van der Waals surface area contributed by atoms with Gasteiger partial charge in [-0.15, -0.1) is 0 Å². The summed E-state index contributed by atoms with van der Waals surface area (Å²) in [6, 6.07) is 18.3. The van der Waals surface area contributed by atoms with E-state index in [1.807, 2.05) is 41.3 Å². The third-order valence-electron chi connectivity index (χ3n) is 5.51. The summed E-state index contributed by atoms with van der Waals surface area (Å²) in [6.45, 7) is 3.71. The van der Waals surface area contributed by atoms with Crippen LogP contribution in [0.4, 0.5) is 0 Å². The lowest BCUT2D eigenvalue weighted by Crippen LogP contribution is -2.40. The lowest BCUT2D eigenvalue weighted by atomic mass is 9.91. The van der Waals surface area contributed by atoms with E-state index in [2.05, 4.69) is 30.1 Å². The highest BCUT2D eigenvalue weighted by molar-refractivity contribution is 5.83. The number of rotatable bonds is 4. The number of aromatic amines is 1. The molecule has 4 rings (SSSR count). The van der Waals surface area contributed by atoms with Crippen molar-refractivity contribution in [1.29, 1.82) is 0 Å². The maximum Gasteiger partial charge on any atom is 0.230 e. The van der Waals surface area contributed by atoms with Crippen LogP contribution < -0.4 is 0 Å². The largest absolute Gasteiger partial charge is 0.342 e. The first-order valence-electron chi connectivity index (χ1n) is 9.54. The van der Waals surface area contributed by atoms with Gasteiger partial charge in [-0.2, -0.15) is 0 Å². The zero-order valence-corrected chi connectivity index (χ0v) is 15.2. The number of H-pyrrole nitrogens is 1. The highest BCUT2D eigenvalue weighted by Crippen LogP contribution is 2.30. The van der Waals surface area contributed by atoms with Crippen molar-refractivity contribution in [3.8, 4) is 0 Å². The summed E-state index contributed by atoms with van der Waals surface area (Å²) in [5.41, 5.74) is 3.24. The van der Waals surface area contributed by atoms with E-state index >= 15 is 0 Å². The van der Waals surface area contributed by atoms with Crippen LogP contribution in [-0.4, -0.2) is 33.9 Å². The Labute approximate surface area is 154 Å². The van der Waals surface area contributed by atoms with Crippen LogP contribution in [0.15, 0.2) is 54.6 Å². The number of piperidine rings is 1. The number of likely N-dealkylation sites (tertiary alicyclic amines) is 1. The number of aromatic nitrogens is 2. The predicted octanol–water partition coefficient (Wildman–Crippen LogP) is 4.46. The Bertz CT molecular complexity index is 846. The summed E-state index contributed by atoms with van der Waals surface area (Å²) in [7, 11) is 0. The third kappa shape index (κ3) is 3.24. The van der Waals surface area contributed by atoms with Crippen LogP contribution in [0, 0.1) is 0 Å². The molecule has 134 valence electrons. The smallest absolute Gasteiger partial charge is 0.230 e. The van der Waals surface area contributed by atoms with Crippen LogP contribution >= 0.6 is 0 Å². The van der Waals surface area contributed by atoms with Crippen molar-refractivity contribution in [3.05, 3.63) is 66.0 Å². The molecule has 26 heavy (non-hydrogen) atoms. The molecule has 3 aromatic rings. The van der Waals surface area contributed by atoms with Crippen molar-refractivity contribution in [2.75, 3.05) is 13.1 Å². The highest BCUT2D eigenvalue weighted by atomic mass is 16.2. The molecule has 4 nitrogen and oxygen atoms in total. The van der Waals surface area contributed by atoms with Gasteiger partial charge in [0, 0.05) is 19.0 Å². The minimum Gasteiger partial charge on any atom is -0.342 e. The van der Waals surface area contributed by atoms with Crippen molar-refractivity contribution in [3.63, 3.8) is 0 Å². The molecular weight excluding hydrogens is 322 g/mol. The average molecular weight is 347 g/mol. The Balaban J connectivity index is 1.43. The maximum absolute atomic E-state index is 13.0. The number of hydrogen-bond acceptors (Lipinski definition) is 2. The summed E-state index contributed by atoms with van der Waals surface area (Å²) in [5, 5.41) is 0. The van der Waals surface area contributed by atoms with Gasteiger partial charge in [0.1, 0.15) is 5.82 Å². The summed E-state index contributed by atoms with van der Waals surface area (Å²) >= 11 is 0. The number of para-hydroxylation sites is 2. The molecule has 1 fully saturated rings. The maximum atomic E-state index is 13.0. The number of carbonyl (C=O) groups excluding carboxylic acids is 1. The van der Waals surface area contributed by atoms with E-state index in [1.165, 1.54) is 0 Å². The zero-order valence-electron chi connectivity index (χ0n) is 15.2. The standard InChI is InChI=1S/C22H25N3O/c1-2-18(16-8-4-3-5-9-16)22(26)25-14-12-17(13-15-25)21-23-19-10-6-7-11-20(19)24-21/h3-11,17-18H,2,12-15H2,1H3,(H,23,24). The van der Waals surface area contributed by atoms with Gasteiger partial charge in [-0.05, 0) is 37.0 Å². The van der Waals surface area contributed by atoms with Gasteiger partial charge in [0.05, 0.1) is 17.0 Å². The molecule has 4 heteroatoms. The minimum absolute atomic E-state index is 0.0287. The van der Waals surface area contributed by atoms with E-state index in [0.717, 1.165) is 54.8 Å². The number of hydrogen-bond donors (Lipinski definition) is 1. The molecular formula is C22H25N3O. The fourth-order valence-corrected chi connectivity index (χ4v) is 4.00. The molecule has 2 heterocycles. The molecule has 0 radical (unpaired) electrons. The molecule has 0 saturated carbocycles. The monoisotopic (exact) mass is 347 g/mol. The number of carbonyl (C=O) groups is 1. The second-order valence-corrected chi connectivity index (χ2v) is 7.11. The Morgan fingerprint density at radius 2 is 1.81 bits per heavy atom. The van der Waals surface area contributed by atoms with Gasteiger partial charge in [-0.3, -0.25) is 4.79 Å². The first kappa shape index (κ1) is 16.8. The Kier molecular flexibility index (Phi) is 4.74. The van der Waals surface area contributed by atoms with Gasteiger partial charge >= 0.3 is 0 Å². The van der Waals surface area contributed by atoms with E-state index in [1.54, 1.807) is 0 Å². The van der Waals surface area contributed by atoms with Gasteiger partial charge in [0.2, 0.25) is 5.91 Å². The first-order valence-corrected chi connectivity index (χ1v) is 9.54. The molecule has 0 bridgehead atoms. The Morgan fingerprint density at radius 3 is 2.50 bits per heavy atom. The van der Waals surface area contributed by atoms with Gasteiger partial charge in [0.15, 0.2) is 0 Å². The van der Waals surface area contributed by atoms with E-state index < -0.39 is 0 Å². The fourth-order valence-electron chi connectivity index (χ4n) is 4.00. The molecule has 1 N–H and O–H groups in total. The van der Waals surface area contributed by atoms with Gasteiger partial charge in [-0.1, -0.05) is 49.4 Å². The second-order valence-electron chi connectivity index (χ2n) is 7.11. The van der Waals surface area contributed by atoms with Gasteiger partial charge < -0.3 is 9.88 Å². The predicted molar refractivity (Wildman–Crippen MR) is 104 cm³/mol. The summed E-state index contributed by atoms with van der Waals surface area (Å²) in [5.74, 6) is 1.71. The molecule has 1 atom stereocenters. The van der Waals surface area contributed by atoms with E-state index in [9.17, 15) is 4.79 Å². The van der Waals surface area contributed by atoms with Crippen LogP contribution in [0.2, 0.25) is 0 Å². The molecule has 1 amide bonds. The summed E-state index contributed by atoms with van der Waals surface area (Å²) < 4.78 is 0. The number of imidazole rings is 1. The molecule has 1 aliphatic rings. The van der Waals surface area contributed by atoms with Crippen LogP contribution in [0.5, 0.6) is 0 Å². The topological polar surface area (TPSA) is 49.0 Å². The average Bonchev–Trinajstić information content (AvgIpc) is 3.14. The third-order valence-corrected chi connectivity index (χ3v) is 5.51. The normalized spacial score (nSPS) is 16.7. The zero-order chi connectivity index (χ0) is 17.9. The van der Waals surface area contributed by atoms with Crippen molar-refractivity contribution in [1.82, 2.24) is 14.9 Å². The van der Waals surface area contributed by atoms with E-state index in [0.29, 0.717) is 5.92 Å². The van der Waals surface area contributed by atoms with E-state index in [-0.39, 0.29) is 11.8 Å². The first-order chi connectivity index (χ1) is 12.8. The number of nitrogens with one attached hydrogen (secondary N) is 1. The quantitative estimate of drug-likeness (QED) is 0.757. The second kappa shape index (κ2) is 7.32. The number of nitrogens with zero attached hydrogens (tertiary/aromatic N) is 2. The number of fused-ring (bicyclic) bond motifs is 1. The van der Waals surface area contributed by atoms with Crippen molar-refractivity contribution in [2.45, 2.75) is 38.0 Å². The molecule has 0 aliphatic carbocycles. The minimum atomic E-state index is -0.0287. The van der Waals surface area contributed by atoms with Crippen LogP contribution in [0.1, 0.15) is 49.4 Å². The van der Waals surface area contributed by atoms with Gasteiger partial charge in [-0.25, -0.2) is 4.98 Å². The fraction of sp³-hybridized carbons (Fsp3) is 0.364. The van der Waals surface area contributed by atoms with Crippen molar-refractivity contribution >= 4 is 16.9 Å². The number of benzene rings is 2. The molecule has 0 spiro atoms. The summed E-state index contributed by atoms with van der Waals surface area (Å²) in [4.78, 5) is 23.3. The molecule has 1 unspecified atom stereocenters. The van der Waals surface area contributed by atoms with Crippen molar-refractivity contribution in [2.24, 2.45) is 0 Å². The van der Waals surface area contributed by atoms with E-state index in [4.69, 9.17) is 4.98 Å². The van der Waals surface area contributed by atoms with Crippen LogP contribution in [0.3, 0.4) is 0 Å². The number of amides is 1.